The number of amides is 1. The highest BCUT2D eigenvalue weighted by molar-refractivity contribution is 5.77. The summed E-state index contributed by atoms with van der Waals surface area (Å²) in [5.74, 6) is 1.00. The van der Waals surface area contributed by atoms with E-state index in [9.17, 15) is 4.79 Å². The third-order valence-electron chi connectivity index (χ3n) is 3.95. The molecule has 0 aromatic carbocycles. The predicted octanol–water partition coefficient (Wildman–Crippen LogP) is 1.23. The van der Waals surface area contributed by atoms with Gasteiger partial charge in [0, 0.05) is 19.9 Å². The topological polar surface area (TPSA) is 86.3 Å². The molecule has 0 aliphatic carbocycles. The molecule has 132 valence electrons. The quantitative estimate of drug-likeness (QED) is 0.653. The van der Waals surface area contributed by atoms with E-state index in [1.807, 2.05) is 42.6 Å². The number of hydrogen-bond donors (Lipinski definition) is 1. The first kappa shape index (κ1) is 17.1. The molecule has 0 saturated heterocycles. The Morgan fingerprint density at radius 1 is 1.32 bits per heavy atom. The Morgan fingerprint density at radius 2 is 2.16 bits per heavy atom. The van der Waals surface area contributed by atoms with Crippen LogP contribution in [0.1, 0.15) is 18.4 Å². The lowest BCUT2D eigenvalue weighted by atomic mass is 10.3. The third kappa shape index (κ3) is 3.53. The normalized spacial score (nSPS) is 11.2. The van der Waals surface area contributed by atoms with Crippen molar-refractivity contribution < 1.29 is 9.53 Å². The molecule has 0 fully saturated rings. The number of rotatable bonds is 7. The zero-order chi connectivity index (χ0) is 17.8. The summed E-state index contributed by atoms with van der Waals surface area (Å²) in [6, 6.07) is 5.85. The molecular weight excluding hydrogens is 320 g/mol. The van der Waals surface area contributed by atoms with Crippen molar-refractivity contribution in [1.29, 1.82) is 0 Å². The summed E-state index contributed by atoms with van der Waals surface area (Å²) >= 11 is 0. The smallest absolute Gasteiger partial charge is 0.227 e. The van der Waals surface area contributed by atoms with E-state index < -0.39 is 0 Å². The van der Waals surface area contributed by atoms with Gasteiger partial charge < -0.3 is 14.5 Å². The fourth-order valence-electron chi connectivity index (χ4n) is 2.65. The number of fused-ring (bicyclic) bond motifs is 1. The first-order valence-electron chi connectivity index (χ1n) is 8.30. The van der Waals surface area contributed by atoms with Crippen LogP contribution in [0.25, 0.3) is 17.2 Å². The second kappa shape index (κ2) is 7.43. The molecule has 3 heterocycles. The summed E-state index contributed by atoms with van der Waals surface area (Å²) in [5.41, 5.74) is 2.59. The lowest BCUT2D eigenvalue weighted by Crippen LogP contribution is -2.20. The maximum atomic E-state index is 11.7. The van der Waals surface area contributed by atoms with Crippen molar-refractivity contribution in [3.05, 3.63) is 35.9 Å². The molecule has 3 aromatic heterocycles. The van der Waals surface area contributed by atoms with Crippen LogP contribution in [0.4, 0.5) is 0 Å². The molecule has 3 rings (SSSR count). The van der Waals surface area contributed by atoms with E-state index in [4.69, 9.17) is 4.74 Å². The number of hydrogen-bond acceptors (Lipinski definition) is 5. The molecular formula is C17H22N6O2. The number of likely N-dealkylation sites (N-methyl/N-ethyl adjacent to an activating group) is 1. The SMILES string of the molecule is CCOCCn1nc(CC(=O)NC)nc1-c1nc2ccccn2c1C. The Hall–Kier alpha value is -2.74. The van der Waals surface area contributed by atoms with Crippen LogP contribution in [0.5, 0.6) is 0 Å². The van der Waals surface area contributed by atoms with Crippen LogP contribution >= 0.6 is 0 Å². The van der Waals surface area contributed by atoms with Gasteiger partial charge in [0.1, 0.15) is 11.3 Å². The summed E-state index contributed by atoms with van der Waals surface area (Å²) in [7, 11) is 1.60. The number of imidazole rings is 1. The van der Waals surface area contributed by atoms with Gasteiger partial charge in [-0.05, 0) is 26.0 Å². The molecule has 1 N–H and O–H groups in total. The van der Waals surface area contributed by atoms with Crippen molar-refractivity contribution in [2.24, 2.45) is 0 Å². The highest BCUT2D eigenvalue weighted by Crippen LogP contribution is 2.22. The molecule has 3 aromatic rings. The van der Waals surface area contributed by atoms with Gasteiger partial charge in [0.2, 0.25) is 5.91 Å². The maximum absolute atomic E-state index is 11.7. The van der Waals surface area contributed by atoms with E-state index >= 15 is 0 Å². The second-order valence-electron chi connectivity index (χ2n) is 5.60. The van der Waals surface area contributed by atoms with Crippen LogP contribution in [0, 0.1) is 6.92 Å². The second-order valence-corrected chi connectivity index (χ2v) is 5.60. The molecule has 8 heteroatoms. The fraction of sp³-hybridized carbons (Fsp3) is 0.412. The largest absolute Gasteiger partial charge is 0.380 e. The molecule has 8 nitrogen and oxygen atoms in total. The lowest BCUT2D eigenvalue weighted by molar-refractivity contribution is -0.120. The van der Waals surface area contributed by atoms with E-state index in [-0.39, 0.29) is 12.3 Å². The van der Waals surface area contributed by atoms with Gasteiger partial charge in [0.25, 0.3) is 0 Å². The molecule has 0 aliphatic heterocycles. The molecule has 25 heavy (non-hydrogen) atoms. The Bertz CT molecular complexity index is 883. The zero-order valence-electron chi connectivity index (χ0n) is 14.7. The van der Waals surface area contributed by atoms with Gasteiger partial charge >= 0.3 is 0 Å². The number of aromatic nitrogens is 5. The van der Waals surface area contributed by atoms with Crippen molar-refractivity contribution in [3.63, 3.8) is 0 Å². The summed E-state index contributed by atoms with van der Waals surface area (Å²) in [6.45, 7) is 5.67. The highest BCUT2D eigenvalue weighted by Gasteiger charge is 2.19. The lowest BCUT2D eigenvalue weighted by Gasteiger charge is -2.05. The number of nitrogens with one attached hydrogen (secondary N) is 1. The van der Waals surface area contributed by atoms with Crippen molar-refractivity contribution >= 4 is 11.6 Å². The van der Waals surface area contributed by atoms with Crippen LogP contribution in [0.2, 0.25) is 0 Å². The average Bonchev–Trinajstić information content (AvgIpc) is 3.16. The van der Waals surface area contributed by atoms with Gasteiger partial charge in [-0.15, -0.1) is 0 Å². The fourth-order valence-corrected chi connectivity index (χ4v) is 2.65. The number of ether oxygens (including phenoxy) is 1. The monoisotopic (exact) mass is 342 g/mol. The molecule has 1 amide bonds. The first-order chi connectivity index (χ1) is 12.1. The Balaban J connectivity index is 2.01. The number of pyridine rings is 1. The minimum atomic E-state index is -0.125. The molecule has 0 spiro atoms. The number of carbonyl (C=O) groups excluding carboxylic acids is 1. The summed E-state index contributed by atoms with van der Waals surface area (Å²) in [4.78, 5) is 20.9. The van der Waals surface area contributed by atoms with E-state index in [2.05, 4.69) is 20.4 Å². The molecule has 0 unspecified atom stereocenters. The van der Waals surface area contributed by atoms with Gasteiger partial charge in [0.05, 0.1) is 25.3 Å². The summed E-state index contributed by atoms with van der Waals surface area (Å²) in [6.07, 6.45) is 2.10. The van der Waals surface area contributed by atoms with Crippen LogP contribution in [0.3, 0.4) is 0 Å². The van der Waals surface area contributed by atoms with Crippen LogP contribution < -0.4 is 5.32 Å². The van der Waals surface area contributed by atoms with Gasteiger partial charge in [0.15, 0.2) is 11.6 Å². The molecule has 0 aliphatic rings. The van der Waals surface area contributed by atoms with E-state index in [0.29, 0.717) is 31.4 Å². The number of carbonyl (C=O) groups is 1. The van der Waals surface area contributed by atoms with Gasteiger partial charge in [-0.3, -0.25) is 4.79 Å². The zero-order valence-corrected chi connectivity index (χ0v) is 14.7. The minimum Gasteiger partial charge on any atom is -0.380 e. The molecule has 0 saturated carbocycles. The number of nitrogens with zero attached hydrogens (tertiary/aromatic N) is 5. The molecule has 0 bridgehead atoms. The van der Waals surface area contributed by atoms with Crippen molar-refractivity contribution in [3.8, 4) is 11.5 Å². The van der Waals surface area contributed by atoms with Crippen LogP contribution in [-0.2, 0) is 22.5 Å². The molecule has 0 atom stereocenters. The Kier molecular flexibility index (Phi) is 5.08. The van der Waals surface area contributed by atoms with E-state index in [1.165, 1.54) is 0 Å². The van der Waals surface area contributed by atoms with Crippen molar-refractivity contribution in [2.45, 2.75) is 26.8 Å². The predicted molar refractivity (Wildman–Crippen MR) is 93.2 cm³/mol. The van der Waals surface area contributed by atoms with Crippen LogP contribution in [0.15, 0.2) is 24.4 Å². The number of aryl methyl sites for hydroxylation is 1. The van der Waals surface area contributed by atoms with Crippen molar-refractivity contribution in [1.82, 2.24) is 29.5 Å². The first-order valence-corrected chi connectivity index (χ1v) is 8.30. The van der Waals surface area contributed by atoms with Gasteiger partial charge in [-0.25, -0.2) is 14.6 Å². The Morgan fingerprint density at radius 3 is 2.88 bits per heavy atom. The molecule has 0 radical (unpaired) electrons. The van der Waals surface area contributed by atoms with E-state index in [1.54, 1.807) is 11.7 Å². The van der Waals surface area contributed by atoms with Crippen LogP contribution in [-0.4, -0.2) is 50.3 Å². The summed E-state index contributed by atoms with van der Waals surface area (Å²) < 4.78 is 9.21. The van der Waals surface area contributed by atoms with E-state index in [0.717, 1.165) is 17.0 Å². The third-order valence-corrected chi connectivity index (χ3v) is 3.95. The van der Waals surface area contributed by atoms with Gasteiger partial charge in [-0.1, -0.05) is 6.07 Å². The maximum Gasteiger partial charge on any atom is 0.227 e. The van der Waals surface area contributed by atoms with Crippen molar-refractivity contribution in [2.75, 3.05) is 20.3 Å². The van der Waals surface area contributed by atoms with Gasteiger partial charge in [-0.2, -0.15) is 5.10 Å². The standard InChI is InChI=1S/C17H22N6O2/c1-4-25-10-9-23-17(19-13(21-23)11-15(24)18-3)16-12(2)22-8-6-5-7-14(22)20-16/h5-8H,4,9-11H2,1-3H3,(H,18,24). The highest BCUT2D eigenvalue weighted by atomic mass is 16.5. The summed E-state index contributed by atoms with van der Waals surface area (Å²) in [5, 5.41) is 7.07. The minimum absolute atomic E-state index is 0.125. The average molecular weight is 342 g/mol. The Labute approximate surface area is 145 Å².